The van der Waals surface area contributed by atoms with E-state index in [0.717, 1.165) is 35.6 Å². The first kappa shape index (κ1) is 29.0. The van der Waals surface area contributed by atoms with E-state index in [1.807, 2.05) is 26.1 Å². The van der Waals surface area contributed by atoms with E-state index in [1.54, 1.807) is 7.11 Å². The molecule has 0 saturated heterocycles. The first-order valence-electron chi connectivity index (χ1n) is 14.6. The van der Waals surface area contributed by atoms with Gasteiger partial charge in [-0.25, -0.2) is 4.98 Å². The molecule has 0 N–H and O–H groups in total. The standard InChI is InChI=1S/C35H47N2O2/c1-10-29(24(3)4)27-16-18-28(19-17-27)32-33-30-14-12-13-15-31(30)34(7,11-2)35(8,37(33)21-20-36-32)23-39-26(6)22-25(5)38-9/h12-22,24-25,29H,10-11,23H2,1-9H3/q+1. The molecule has 0 bridgehead atoms. The van der Waals surface area contributed by atoms with Crippen molar-refractivity contribution < 1.29 is 14.0 Å². The topological polar surface area (TPSA) is 35.2 Å². The molecule has 0 fully saturated rings. The number of nitrogens with zero attached hydrogens (tertiary/aromatic N) is 2. The van der Waals surface area contributed by atoms with Crippen LogP contribution in [-0.2, 0) is 20.4 Å². The van der Waals surface area contributed by atoms with Gasteiger partial charge in [-0.3, -0.25) is 0 Å². The second-order valence-electron chi connectivity index (χ2n) is 11.9. The maximum atomic E-state index is 6.49. The summed E-state index contributed by atoms with van der Waals surface area (Å²) in [6.07, 6.45) is 8.26. The minimum absolute atomic E-state index is 0.00385. The second-order valence-corrected chi connectivity index (χ2v) is 11.9. The maximum Gasteiger partial charge on any atom is 0.239 e. The molecule has 1 aromatic heterocycles. The van der Waals surface area contributed by atoms with Crippen molar-refractivity contribution in [1.29, 1.82) is 0 Å². The van der Waals surface area contributed by atoms with E-state index in [9.17, 15) is 0 Å². The fraction of sp³-hybridized carbons (Fsp3) is 0.486. The molecule has 0 amide bonds. The Labute approximate surface area is 236 Å². The highest BCUT2D eigenvalue weighted by atomic mass is 16.5. The number of benzene rings is 2. The minimum atomic E-state index is -0.348. The Morgan fingerprint density at radius 3 is 2.33 bits per heavy atom. The average molecular weight is 528 g/mol. The van der Waals surface area contributed by atoms with E-state index in [1.165, 1.54) is 16.7 Å². The van der Waals surface area contributed by atoms with Gasteiger partial charge in [0.05, 0.1) is 29.0 Å². The Hall–Kier alpha value is -2.98. The summed E-state index contributed by atoms with van der Waals surface area (Å²) in [5, 5.41) is 0. The number of hydrogen-bond donors (Lipinski definition) is 0. The summed E-state index contributed by atoms with van der Waals surface area (Å²) in [6, 6.07) is 18.0. The summed E-state index contributed by atoms with van der Waals surface area (Å²) in [7, 11) is 1.72. The second kappa shape index (κ2) is 11.6. The number of aromatic nitrogens is 2. The zero-order valence-electron chi connectivity index (χ0n) is 25.4. The van der Waals surface area contributed by atoms with Gasteiger partial charge in [0, 0.05) is 19.6 Å². The summed E-state index contributed by atoms with van der Waals surface area (Å²) in [4.78, 5) is 4.99. The molecule has 4 heteroatoms. The number of hydrogen-bond acceptors (Lipinski definition) is 3. The predicted octanol–water partition coefficient (Wildman–Crippen LogP) is 8.20. The third kappa shape index (κ3) is 5.16. The quantitative estimate of drug-likeness (QED) is 0.197. The van der Waals surface area contributed by atoms with Gasteiger partial charge in [0.25, 0.3) is 0 Å². The molecule has 208 valence electrons. The molecule has 4 rings (SSSR count). The van der Waals surface area contributed by atoms with E-state index in [4.69, 9.17) is 14.5 Å². The molecule has 1 aliphatic heterocycles. The summed E-state index contributed by atoms with van der Waals surface area (Å²) < 4.78 is 14.4. The zero-order valence-corrected chi connectivity index (χ0v) is 25.4. The molecule has 2 heterocycles. The highest BCUT2D eigenvalue weighted by Crippen LogP contribution is 2.49. The third-order valence-electron chi connectivity index (χ3n) is 9.37. The molecule has 0 aliphatic carbocycles. The molecule has 3 aromatic rings. The first-order valence-corrected chi connectivity index (χ1v) is 14.6. The molecule has 4 unspecified atom stereocenters. The molecule has 0 spiro atoms. The van der Waals surface area contributed by atoms with Crippen LogP contribution in [0.4, 0.5) is 0 Å². The van der Waals surface area contributed by atoms with Gasteiger partial charge in [0.15, 0.2) is 12.8 Å². The SMILES string of the molecule is CCC(c1ccc(-c2ncc[n+]3c2-c2ccccc2C(C)(CC)C3(C)COC(C)=CC(C)OC)cc1)C(C)C. The molecule has 0 radical (unpaired) electrons. The van der Waals surface area contributed by atoms with E-state index in [-0.39, 0.29) is 17.1 Å². The Morgan fingerprint density at radius 2 is 1.72 bits per heavy atom. The van der Waals surface area contributed by atoms with Crippen LogP contribution in [0.15, 0.2) is 72.8 Å². The van der Waals surface area contributed by atoms with E-state index in [2.05, 4.69) is 101 Å². The summed E-state index contributed by atoms with van der Waals surface area (Å²) in [5.74, 6) is 2.06. The van der Waals surface area contributed by atoms with Crippen LogP contribution in [0.2, 0.25) is 0 Å². The molecule has 1 aliphatic rings. The van der Waals surface area contributed by atoms with Crippen LogP contribution in [0.3, 0.4) is 0 Å². The fourth-order valence-corrected chi connectivity index (χ4v) is 6.51. The van der Waals surface area contributed by atoms with Crippen molar-refractivity contribution in [2.24, 2.45) is 5.92 Å². The molecular formula is C35H47N2O2+. The number of ether oxygens (including phenoxy) is 2. The molecular weight excluding hydrogens is 480 g/mol. The molecule has 4 atom stereocenters. The molecule has 2 aromatic carbocycles. The van der Waals surface area contributed by atoms with Crippen LogP contribution < -0.4 is 4.57 Å². The van der Waals surface area contributed by atoms with E-state index < -0.39 is 0 Å². The lowest BCUT2D eigenvalue weighted by Crippen LogP contribution is -2.70. The Bertz CT molecular complexity index is 1310. The van der Waals surface area contributed by atoms with Crippen LogP contribution in [0.25, 0.3) is 22.5 Å². The van der Waals surface area contributed by atoms with Gasteiger partial charge in [0.2, 0.25) is 11.2 Å². The largest absolute Gasteiger partial charge is 0.491 e. The monoisotopic (exact) mass is 527 g/mol. The molecule has 0 saturated carbocycles. The van der Waals surface area contributed by atoms with Crippen LogP contribution in [0, 0.1) is 5.92 Å². The van der Waals surface area contributed by atoms with Crippen LogP contribution >= 0.6 is 0 Å². The highest BCUT2D eigenvalue weighted by molar-refractivity contribution is 5.79. The van der Waals surface area contributed by atoms with Crippen molar-refractivity contribution in [2.75, 3.05) is 13.7 Å². The summed E-state index contributed by atoms with van der Waals surface area (Å²) in [5.41, 5.74) is 6.81. The van der Waals surface area contributed by atoms with Gasteiger partial charge in [-0.05, 0) is 68.7 Å². The van der Waals surface area contributed by atoms with Crippen molar-refractivity contribution in [1.82, 2.24) is 4.98 Å². The lowest BCUT2D eigenvalue weighted by atomic mass is 9.62. The number of methoxy groups -OCH3 is 1. The van der Waals surface area contributed by atoms with Gasteiger partial charge < -0.3 is 9.47 Å². The van der Waals surface area contributed by atoms with Crippen molar-refractivity contribution in [2.45, 2.75) is 91.2 Å². The average Bonchev–Trinajstić information content (AvgIpc) is 2.95. The Kier molecular flexibility index (Phi) is 8.66. The Morgan fingerprint density at radius 1 is 1.03 bits per heavy atom. The lowest BCUT2D eigenvalue weighted by molar-refractivity contribution is -0.766. The highest BCUT2D eigenvalue weighted by Gasteiger charge is 2.58. The molecule has 4 nitrogen and oxygen atoms in total. The van der Waals surface area contributed by atoms with Gasteiger partial charge in [-0.15, -0.1) is 0 Å². The van der Waals surface area contributed by atoms with Crippen LogP contribution in [0.1, 0.15) is 85.3 Å². The number of fused-ring (bicyclic) bond motifs is 3. The minimum Gasteiger partial charge on any atom is -0.491 e. The number of allylic oxidation sites excluding steroid dienone is 1. The van der Waals surface area contributed by atoms with Crippen molar-refractivity contribution in [3.05, 3.63) is 83.9 Å². The van der Waals surface area contributed by atoms with Crippen molar-refractivity contribution in [3.63, 3.8) is 0 Å². The van der Waals surface area contributed by atoms with Crippen LogP contribution in [0.5, 0.6) is 0 Å². The maximum absolute atomic E-state index is 6.49. The van der Waals surface area contributed by atoms with E-state index >= 15 is 0 Å². The predicted molar refractivity (Wildman–Crippen MR) is 161 cm³/mol. The lowest BCUT2D eigenvalue weighted by Gasteiger charge is -2.46. The van der Waals surface area contributed by atoms with Gasteiger partial charge in [-0.2, -0.15) is 4.57 Å². The smallest absolute Gasteiger partial charge is 0.239 e. The van der Waals surface area contributed by atoms with Gasteiger partial charge in [-0.1, -0.05) is 70.2 Å². The third-order valence-corrected chi connectivity index (χ3v) is 9.37. The van der Waals surface area contributed by atoms with Gasteiger partial charge in [0.1, 0.15) is 5.69 Å². The summed E-state index contributed by atoms with van der Waals surface area (Å²) in [6.45, 7) is 18.5. The first-order chi connectivity index (χ1) is 18.6. The summed E-state index contributed by atoms with van der Waals surface area (Å²) >= 11 is 0. The normalized spacial score (nSPS) is 22.3. The fourth-order valence-electron chi connectivity index (χ4n) is 6.51. The molecule has 39 heavy (non-hydrogen) atoms. The van der Waals surface area contributed by atoms with E-state index in [0.29, 0.717) is 18.4 Å². The van der Waals surface area contributed by atoms with Crippen molar-refractivity contribution >= 4 is 0 Å². The zero-order chi connectivity index (χ0) is 28.4. The Balaban J connectivity index is 1.88. The van der Waals surface area contributed by atoms with Crippen molar-refractivity contribution in [3.8, 4) is 22.5 Å². The number of rotatable bonds is 10. The van der Waals surface area contributed by atoms with Crippen LogP contribution in [-0.4, -0.2) is 24.8 Å². The van der Waals surface area contributed by atoms with Gasteiger partial charge >= 0.3 is 0 Å².